The largest absolute Gasteiger partial charge is 0.299 e. The minimum atomic E-state index is -3.02. The Kier molecular flexibility index (Phi) is 3.78. The van der Waals surface area contributed by atoms with Gasteiger partial charge < -0.3 is 0 Å². The highest BCUT2D eigenvalue weighted by molar-refractivity contribution is 7.90. The fourth-order valence-corrected chi connectivity index (χ4v) is 5.80. The first-order valence-corrected chi connectivity index (χ1v) is 10.3. The lowest BCUT2D eigenvalue weighted by Crippen LogP contribution is -2.52. The lowest BCUT2D eigenvalue weighted by molar-refractivity contribution is 0.101. The zero-order valence-electron chi connectivity index (χ0n) is 13.8. The Balaban J connectivity index is 1.29. The van der Waals surface area contributed by atoms with Crippen LogP contribution in [-0.4, -0.2) is 37.7 Å². The second kappa shape index (κ2) is 5.57. The van der Waals surface area contributed by atoms with Crippen molar-refractivity contribution in [3.05, 3.63) is 35.4 Å². The van der Waals surface area contributed by atoms with Crippen LogP contribution < -0.4 is 4.72 Å². The number of hydrogen-bond donors (Lipinski definition) is 1. The predicted octanol–water partition coefficient (Wildman–Crippen LogP) is 2.43. The molecular weight excluding hydrogens is 308 g/mol. The number of nitrogens with zero attached hydrogens (tertiary/aromatic N) is 1. The molecule has 126 valence electrons. The van der Waals surface area contributed by atoms with E-state index in [9.17, 15) is 8.42 Å². The molecule has 1 heterocycles. The van der Waals surface area contributed by atoms with Gasteiger partial charge in [0.25, 0.3) is 0 Å². The summed E-state index contributed by atoms with van der Waals surface area (Å²) in [6, 6.07) is 8.96. The summed E-state index contributed by atoms with van der Waals surface area (Å²) < 4.78 is 27.0. The lowest BCUT2D eigenvalue weighted by Gasteiger charge is -2.45. The molecule has 4 nitrogen and oxygen atoms in total. The van der Waals surface area contributed by atoms with Crippen LogP contribution >= 0.6 is 0 Å². The van der Waals surface area contributed by atoms with Crippen LogP contribution in [0.25, 0.3) is 0 Å². The molecule has 1 N–H and O–H groups in total. The molecule has 3 aliphatic rings. The van der Waals surface area contributed by atoms with Crippen molar-refractivity contribution < 1.29 is 8.42 Å². The molecule has 23 heavy (non-hydrogen) atoms. The molecule has 0 bridgehead atoms. The van der Waals surface area contributed by atoms with E-state index < -0.39 is 10.0 Å². The molecule has 1 saturated heterocycles. The lowest BCUT2D eigenvalue weighted by atomic mass is 9.65. The van der Waals surface area contributed by atoms with Crippen LogP contribution in [-0.2, 0) is 16.6 Å². The van der Waals surface area contributed by atoms with Crippen LogP contribution in [0, 0.1) is 12.3 Å². The van der Waals surface area contributed by atoms with E-state index in [4.69, 9.17) is 0 Å². The molecule has 3 fully saturated rings. The number of benzene rings is 1. The van der Waals surface area contributed by atoms with Crippen molar-refractivity contribution in [3.8, 4) is 0 Å². The van der Waals surface area contributed by atoms with Gasteiger partial charge >= 0.3 is 0 Å². The zero-order valence-corrected chi connectivity index (χ0v) is 14.6. The second-order valence-corrected chi connectivity index (χ2v) is 9.91. The van der Waals surface area contributed by atoms with Crippen molar-refractivity contribution in [3.63, 3.8) is 0 Å². The van der Waals surface area contributed by atoms with E-state index in [0.717, 1.165) is 45.3 Å². The van der Waals surface area contributed by atoms with E-state index >= 15 is 0 Å². The first-order valence-electron chi connectivity index (χ1n) is 8.73. The molecule has 2 saturated carbocycles. The normalized spacial score (nSPS) is 31.4. The summed E-state index contributed by atoms with van der Waals surface area (Å²) in [6.07, 6.45) is 4.93. The average molecular weight is 334 g/mol. The summed E-state index contributed by atoms with van der Waals surface area (Å²) in [5.41, 5.74) is 3.04. The smallest absolute Gasteiger partial charge is 0.214 e. The van der Waals surface area contributed by atoms with Gasteiger partial charge in [0.1, 0.15) is 0 Å². The maximum Gasteiger partial charge on any atom is 0.214 e. The molecule has 2 aliphatic carbocycles. The summed E-state index contributed by atoms with van der Waals surface area (Å²) in [7, 11) is -3.02. The minimum absolute atomic E-state index is 0.0966. The van der Waals surface area contributed by atoms with Crippen LogP contribution in [0.5, 0.6) is 0 Å². The molecule has 0 unspecified atom stereocenters. The van der Waals surface area contributed by atoms with E-state index in [1.165, 1.54) is 17.5 Å². The van der Waals surface area contributed by atoms with Crippen LogP contribution in [0.1, 0.15) is 43.2 Å². The molecule has 5 heteroatoms. The quantitative estimate of drug-likeness (QED) is 0.900. The van der Waals surface area contributed by atoms with Crippen molar-refractivity contribution in [2.24, 2.45) is 5.41 Å². The predicted molar refractivity (Wildman–Crippen MR) is 91.6 cm³/mol. The topological polar surface area (TPSA) is 49.4 Å². The van der Waals surface area contributed by atoms with Gasteiger partial charge in [0.15, 0.2) is 0 Å². The van der Waals surface area contributed by atoms with E-state index in [1.54, 1.807) is 0 Å². The van der Waals surface area contributed by atoms with Gasteiger partial charge in [-0.25, -0.2) is 13.1 Å². The first-order chi connectivity index (χ1) is 10.9. The van der Waals surface area contributed by atoms with Crippen molar-refractivity contribution in [1.29, 1.82) is 0 Å². The second-order valence-electron chi connectivity index (χ2n) is 7.91. The van der Waals surface area contributed by atoms with E-state index in [-0.39, 0.29) is 11.3 Å². The molecule has 1 aromatic carbocycles. The molecule has 0 aromatic heterocycles. The number of nitrogens with one attached hydrogen (secondary N) is 1. The molecule has 1 aliphatic heterocycles. The molecular formula is C18H26N2O2S. The number of sulfonamides is 1. The fraction of sp³-hybridized carbons (Fsp3) is 0.667. The molecule has 0 atom stereocenters. The summed E-state index contributed by atoms with van der Waals surface area (Å²) in [4.78, 5) is 2.52. The third kappa shape index (κ3) is 3.32. The third-order valence-corrected chi connectivity index (χ3v) is 7.71. The zero-order chi connectivity index (χ0) is 16.1. The number of aryl methyl sites for hydroxylation is 1. The Hall–Kier alpha value is -0.910. The van der Waals surface area contributed by atoms with Crippen LogP contribution in [0.3, 0.4) is 0 Å². The van der Waals surface area contributed by atoms with Crippen molar-refractivity contribution in [2.45, 2.75) is 56.9 Å². The molecule has 4 rings (SSSR count). The summed E-state index contributed by atoms with van der Waals surface area (Å²) in [5.74, 6) is 0. The minimum Gasteiger partial charge on any atom is -0.299 e. The summed E-state index contributed by atoms with van der Waals surface area (Å²) in [6.45, 7) is 5.38. The van der Waals surface area contributed by atoms with Crippen LogP contribution in [0.2, 0.25) is 0 Å². The van der Waals surface area contributed by atoms with Crippen molar-refractivity contribution >= 4 is 10.0 Å². The number of rotatable bonds is 5. The van der Waals surface area contributed by atoms with Crippen molar-refractivity contribution in [2.75, 3.05) is 13.1 Å². The molecule has 0 amide bonds. The SMILES string of the molecule is Cc1ccc(CN2CCC3(CC(NS(=O)(=O)C4CC4)C3)C2)cc1. The Morgan fingerprint density at radius 3 is 2.57 bits per heavy atom. The van der Waals surface area contributed by atoms with Crippen LogP contribution in [0.4, 0.5) is 0 Å². The summed E-state index contributed by atoms with van der Waals surface area (Å²) >= 11 is 0. The van der Waals surface area contributed by atoms with Gasteiger partial charge in [-0.2, -0.15) is 0 Å². The van der Waals surface area contributed by atoms with Gasteiger partial charge in [0, 0.05) is 19.1 Å². The first kappa shape index (κ1) is 15.6. The van der Waals surface area contributed by atoms with Gasteiger partial charge in [0.05, 0.1) is 5.25 Å². The Labute approximate surface area is 139 Å². The molecule has 1 spiro atoms. The van der Waals surface area contributed by atoms with Gasteiger partial charge in [-0.1, -0.05) is 29.8 Å². The number of likely N-dealkylation sites (tertiary alicyclic amines) is 1. The van der Waals surface area contributed by atoms with Gasteiger partial charge in [-0.3, -0.25) is 4.90 Å². The highest BCUT2D eigenvalue weighted by atomic mass is 32.2. The molecule has 1 aromatic rings. The highest BCUT2D eigenvalue weighted by Crippen LogP contribution is 2.49. The maximum absolute atomic E-state index is 12.0. The molecule has 0 radical (unpaired) electrons. The van der Waals surface area contributed by atoms with E-state index in [0.29, 0.717) is 5.41 Å². The Bertz CT molecular complexity index is 673. The highest BCUT2D eigenvalue weighted by Gasteiger charge is 2.50. The van der Waals surface area contributed by atoms with Gasteiger partial charge in [-0.15, -0.1) is 0 Å². The average Bonchev–Trinajstić information content (AvgIpc) is 3.24. The Morgan fingerprint density at radius 1 is 1.22 bits per heavy atom. The third-order valence-electron chi connectivity index (χ3n) is 5.70. The summed E-state index contributed by atoms with van der Waals surface area (Å²) in [5, 5.41) is -0.0966. The van der Waals surface area contributed by atoms with E-state index in [2.05, 4.69) is 40.8 Å². The monoisotopic (exact) mass is 334 g/mol. The van der Waals surface area contributed by atoms with Gasteiger partial charge in [0.2, 0.25) is 10.0 Å². The maximum atomic E-state index is 12.0. The standard InChI is InChI=1S/C18H26N2O2S/c1-14-2-4-15(5-3-14)12-20-9-8-18(13-20)10-16(11-18)19-23(21,22)17-6-7-17/h2-5,16-17,19H,6-13H2,1H3. The fourth-order valence-electron chi connectivity index (χ4n) is 4.22. The van der Waals surface area contributed by atoms with Gasteiger partial charge in [-0.05, 0) is 56.6 Å². The Morgan fingerprint density at radius 2 is 1.91 bits per heavy atom. The van der Waals surface area contributed by atoms with Crippen LogP contribution in [0.15, 0.2) is 24.3 Å². The van der Waals surface area contributed by atoms with E-state index in [1.807, 2.05) is 0 Å². The number of hydrogen-bond acceptors (Lipinski definition) is 3. The van der Waals surface area contributed by atoms with Crippen molar-refractivity contribution in [1.82, 2.24) is 9.62 Å².